The number of amides is 1. The topological polar surface area (TPSA) is 85.6 Å². The van der Waals surface area contributed by atoms with Crippen LogP contribution in [0.25, 0.3) is 0 Å². The van der Waals surface area contributed by atoms with Gasteiger partial charge in [-0.2, -0.15) is 15.2 Å². The molecule has 1 aliphatic carbocycles. The Hall–Kier alpha value is -2.80. The minimum Gasteiger partial charge on any atom is -0.462 e. The molecule has 2 fully saturated rings. The van der Waals surface area contributed by atoms with Crippen LogP contribution in [0.5, 0.6) is 6.01 Å². The van der Waals surface area contributed by atoms with E-state index in [0.29, 0.717) is 38.3 Å². The molecule has 1 spiro atoms. The number of hydrogen-bond acceptors (Lipinski definition) is 8. The second kappa shape index (κ2) is 11.8. The van der Waals surface area contributed by atoms with E-state index in [1.54, 1.807) is 4.90 Å². The van der Waals surface area contributed by atoms with E-state index in [9.17, 15) is 10.1 Å². The van der Waals surface area contributed by atoms with Gasteiger partial charge in [0.05, 0.1) is 24.2 Å². The predicted octanol–water partition coefficient (Wildman–Crippen LogP) is 4.44. The summed E-state index contributed by atoms with van der Waals surface area (Å²) in [5.41, 5.74) is 4.85. The number of ether oxygens (including phenoxy) is 1. The lowest BCUT2D eigenvalue weighted by Crippen LogP contribution is -2.55. The van der Waals surface area contributed by atoms with E-state index in [0.717, 1.165) is 60.9 Å². The van der Waals surface area contributed by atoms with Crippen LogP contribution in [0, 0.1) is 11.3 Å². The van der Waals surface area contributed by atoms with Crippen LogP contribution in [-0.2, 0) is 29.8 Å². The van der Waals surface area contributed by atoms with Crippen LogP contribution >= 0.6 is 23.4 Å². The summed E-state index contributed by atoms with van der Waals surface area (Å²) in [7, 11) is 2.15. The number of nitrogens with zero attached hydrogens (tertiary/aromatic N) is 6. The summed E-state index contributed by atoms with van der Waals surface area (Å²) in [6.07, 6.45) is 7.65. The molecule has 1 aromatic heterocycles. The Bertz CT molecular complexity index is 1380. The van der Waals surface area contributed by atoms with Crippen molar-refractivity contribution in [2.45, 2.75) is 67.5 Å². The number of thioether (sulfide) groups is 1. The highest BCUT2D eigenvalue weighted by Gasteiger charge is 2.42. The van der Waals surface area contributed by atoms with Gasteiger partial charge in [0.25, 0.3) is 0 Å². The van der Waals surface area contributed by atoms with Crippen LogP contribution in [-0.4, -0.2) is 82.3 Å². The zero-order valence-electron chi connectivity index (χ0n) is 23.6. The van der Waals surface area contributed by atoms with Crippen molar-refractivity contribution in [1.82, 2.24) is 19.8 Å². The summed E-state index contributed by atoms with van der Waals surface area (Å²) in [4.78, 5) is 28.9. The van der Waals surface area contributed by atoms with Crippen molar-refractivity contribution in [3.05, 3.63) is 58.3 Å². The number of likely N-dealkylation sites (tertiary alicyclic amines) is 1. The van der Waals surface area contributed by atoms with Crippen molar-refractivity contribution in [2.75, 3.05) is 44.7 Å². The highest BCUT2D eigenvalue weighted by atomic mass is 35.5. The number of anilines is 1. The average molecular weight is 593 g/mol. The largest absolute Gasteiger partial charge is 0.462 e. The molecule has 2 saturated heterocycles. The Morgan fingerprint density at radius 3 is 2.93 bits per heavy atom. The molecule has 1 aromatic carbocycles. The van der Waals surface area contributed by atoms with Crippen molar-refractivity contribution in [3.63, 3.8) is 0 Å². The maximum absolute atomic E-state index is 12.5. The molecule has 0 N–H and O–H groups in total. The Morgan fingerprint density at radius 1 is 1.27 bits per heavy atom. The van der Waals surface area contributed by atoms with E-state index < -0.39 is 0 Å². The molecule has 41 heavy (non-hydrogen) atoms. The molecule has 216 valence electrons. The Labute approximate surface area is 251 Å². The standard InChI is InChI=1S/C31H37ClN6O2S/c1-3-28(39)38-15-14-37(18-22(38)10-12-33)29-24-9-11-31(16-21-6-4-8-26(32)25(21)20-41-31)17-27(24)34-30(35-29)40-19-23-7-5-13-36(23)2/h3-4,6,8,22-23H,1,5,7,9-11,13-20H2,2H3/t22?,23?,31-/m1/s1. The Morgan fingerprint density at radius 2 is 2.15 bits per heavy atom. The summed E-state index contributed by atoms with van der Waals surface area (Å²) in [5, 5.41) is 10.4. The van der Waals surface area contributed by atoms with Gasteiger partial charge in [0, 0.05) is 53.2 Å². The van der Waals surface area contributed by atoms with Crippen molar-refractivity contribution in [1.29, 1.82) is 5.26 Å². The quantitative estimate of drug-likeness (QED) is 0.455. The van der Waals surface area contributed by atoms with E-state index in [-0.39, 0.29) is 23.1 Å². The molecule has 0 radical (unpaired) electrons. The fraction of sp³-hybridized carbons (Fsp3) is 0.548. The first-order chi connectivity index (χ1) is 19.9. The van der Waals surface area contributed by atoms with Crippen molar-refractivity contribution < 1.29 is 9.53 Å². The molecule has 3 aliphatic heterocycles. The van der Waals surface area contributed by atoms with Crippen LogP contribution in [0.4, 0.5) is 5.82 Å². The number of aromatic nitrogens is 2. The molecule has 1 amide bonds. The van der Waals surface area contributed by atoms with Gasteiger partial charge in [-0.1, -0.05) is 30.3 Å². The molecule has 3 atom stereocenters. The second-order valence-electron chi connectivity index (χ2n) is 11.7. The third kappa shape index (κ3) is 5.67. The van der Waals surface area contributed by atoms with E-state index >= 15 is 0 Å². The molecule has 4 heterocycles. The minimum absolute atomic E-state index is 0.0671. The van der Waals surface area contributed by atoms with Crippen LogP contribution in [0.15, 0.2) is 30.9 Å². The molecular weight excluding hydrogens is 556 g/mol. The van der Waals surface area contributed by atoms with Crippen molar-refractivity contribution in [2.24, 2.45) is 0 Å². The molecule has 4 aliphatic rings. The molecule has 0 bridgehead atoms. The van der Waals surface area contributed by atoms with Gasteiger partial charge in [0.15, 0.2) is 0 Å². The number of rotatable bonds is 6. The van der Waals surface area contributed by atoms with Gasteiger partial charge < -0.3 is 19.4 Å². The number of hydrogen-bond donors (Lipinski definition) is 0. The number of nitriles is 1. The van der Waals surface area contributed by atoms with Crippen molar-refractivity contribution >= 4 is 35.1 Å². The number of benzene rings is 1. The van der Waals surface area contributed by atoms with Gasteiger partial charge in [0.1, 0.15) is 12.4 Å². The highest BCUT2D eigenvalue weighted by molar-refractivity contribution is 8.00. The number of fused-ring (bicyclic) bond motifs is 2. The van der Waals surface area contributed by atoms with E-state index in [1.807, 2.05) is 17.8 Å². The smallest absolute Gasteiger partial charge is 0.318 e. The second-order valence-corrected chi connectivity index (χ2v) is 13.6. The van der Waals surface area contributed by atoms with Gasteiger partial charge in [-0.05, 0) is 69.0 Å². The first-order valence-electron chi connectivity index (χ1n) is 14.6. The number of carbonyl (C=O) groups excluding carboxylic acids is 1. The summed E-state index contributed by atoms with van der Waals surface area (Å²) in [5.74, 6) is 1.68. The van der Waals surface area contributed by atoms with Gasteiger partial charge in [-0.25, -0.2) is 0 Å². The normalized spacial score (nSPS) is 25.9. The van der Waals surface area contributed by atoms with Crippen LogP contribution in [0.2, 0.25) is 5.02 Å². The highest BCUT2D eigenvalue weighted by Crippen LogP contribution is 2.49. The maximum Gasteiger partial charge on any atom is 0.318 e. The summed E-state index contributed by atoms with van der Waals surface area (Å²) < 4.78 is 6.38. The predicted molar refractivity (Wildman–Crippen MR) is 163 cm³/mol. The van der Waals surface area contributed by atoms with E-state index in [2.05, 4.69) is 41.6 Å². The van der Waals surface area contributed by atoms with Crippen LogP contribution in [0.3, 0.4) is 0 Å². The number of likely N-dealkylation sites (N-methyl/N-ethyl adjacent to an activating group) is 1. The third-order valence-corrected chi connectivity index (χ3v) is 11.2. The lowest BCUT2D eigenvalue weighted by atomic mass is 9.81. The van der Waals surface area contributed by atoms with Gasteiger partial charge in [-0.15, -0.1) is 11.8 Å². The number of piperazine rings is 1. The fourth-order valence-electron chi connectivity index (χ4n) is 6.89. The third-order valence-electron chi connectivity index (χ3n) is 9.27. The Kier molecular flexibility index (Phi) is 8.17. The molecule has 10 heteroatoms. The lowest BCUT2D eigenvalue weighted by Gasteiger charge is -2.44. The van der Waals surface area contributed by atoms with Gasteiger partial charge in [0.2, 0.25) is 5.91 Å². The zero-order chi connectivity index (χ0) is 28.6. The number of carbonyl (C=O) groups is 1. The van der Waals surface area contributed by atoms with E-state index in [4.69, 9.17) is 26.3 Å². The minimum atomic E-state index is -0.216. The van der Waals surface area contributed by atoms with E-state index in [1.165, 1.54) is 29.2 Å². The fourth-order valence-corrected chi connectivity index (χ4v) is 8.77. The van der Waals surface area contributed by atoms with Crippen LogP contribution in [0.1, 0.15) is 48.1 Å². The molecule has 2 aromatic rings. The lowest BCUT2D eigenvalue weighted by molar-refractivity contribution is -0.128. The maximum atomic E-state index is 12.5. The first kappa shape index (κ1) is 28.3. The zero-order valence-corrected chi connectivity index (χ0v) is 25.2. The SMILES string of the molecule is C=CC(=O)N1CCN(c2nc(OCC3CCCN3C)nc3c2CC[C@@]2(Cc4cccc(Cl)c4CS2)C3)CC1CC#N. The molecule has 0 saturated carbocycles. The molecule has 8 nitrogen and oxygen atoms in total. The first-order valence-corrected chi connectivity index (χ1v) is 15.9. The van der Waals surface area contributed by atoms with Crippen molar-refractivity contribution in [3.8, 4) is 12.1 Å². The molecule has 2 unspecified atom stereocenters. The van der Waals surface area contributed by atoms with Crippen LogP contribution < -0.4 is 9.64 Å². The van der Waals surface area contributed by atoms with Gasteiger partial charge in [-0.3, -0.25) is 4.79 Å². The Balaban J connectivity index is 1.31. The number of halogens is 1. The summed E-state index contributed by atoms with van der Waals surface area (Å²) in [6.45, 7) is 7.03. The summed E-state index contributed by atoms with van der Waals surface area (Å²) >= 11 is 8.55. The van der Waals surface area contributed by atoms with Gasteiger partial charge >= 0.3 is 6.01 Å². The monoisotopic (exact) mass is 592 g/mol. The average Bonchev–Trinajstić information content (AvgIpc) is 3.39. The summed E-state index contributed by atoms with van der Waals surface area (Å²) in [6, 6.07) is 9.12. The molecular formula is C31H37ClN6O2S. The molecule has 6 rings (SSSR count).